The summed E-state index contributed by atoms with van der Waals surface area (Å²) in [6, 6.07) is 20.8. The highest BCUT2D eigenvalue weighted by atomic mass is 32.2. The van der Waals surface area contributed by atoms with Gasteiger partial charge >= 0.3 is 5.63 Å². The van der Waals surface area contributed by atoms with Gasteiger partial charge < -0.3 is 4.42 Å². The molecule has 0 saturated heterocycles. The molecule has 32 heavy (non-hydrogen) atoms. The normalized spacial score (nSPS) is 11.9. The molecule has 1 aromatic heterocycles. The van der Waals surface area contributed by atoms with E-state index in [0.717, 1.165) is 4.31 Å². The van der Waals surface area contributed by atoms with E-state index in [2.05, 4.69) is 4.72 Å². The summed E-state index contributed by atoms with van der Waals surface area (Å²) in [6.07, 6.45) is 0. The van der Waals surface area contributed by atoms with Gasteiger partial charge in [-0.3, -0.25) is 9.03 Å². The number of anilines is 2. The maximum atomic E-state index is 13.0. The Bertz CT molecular complexity index is 1560. The summed E-state index contributed by atoms with van der Waals surface area (Å²) in [7, 11) is -6.51. The van der Waals surface area contributed by atoms with Gasteiger partial charge in [0, 0.05) is 18.5 Å². The summed E-state index contributed by atoms with van der Waals surface area (Å²) < 4.78 is 60.3. The lowest BCUT2D eigenvalue weighted by atomic mass is 10.2. The fourth-order valence-electron chi connectivity index (χ4n) is 3.09. The minimum absolute atomic E-state index is 0.0616. The van der Waals surface area contributed by atoms with Crippen molar-refractivity contribution in [1.82, 2.24) is 0 Å². The third kappa shape index (κ3) is 4.23. The SMILES string of the molecule is CN(c1ccccc1)S(=O)(=O)c1cccc(NS(=O)(=O)c2ccc3oc(=O)ccc3c2)c1. The first kappa shape index (κ1) is 21.6. The van der Waals surface area contributed by atoms with Crippen LogP contribution in [-0.2, 0) is 20.0 Å². The van der Waals surface area contributed by atoms with Crippen LogP contribution in [0.15, 0.2) is 104 Å². The van der Waals surface area contributed by atoms with Crippen molar-refractivity contribution in [2.24, 2.45) is 0 Å². The van der Waals surface area contributed by atoms with Crippen molar-refractivity contribution in [2.75, 3.05) is 16.1 Å². The monoisotopic (exact) mass is 470 g/mol. The lowest BCUT2D eigenvalue weighted by molar-refractivity contribution is 0.560. The highest BCUT2D eigenvalue weighted by molar-refractivity contribution is 7.93. The molecule has 0 aliphatic carbocycles. The predicted octanol–water partition coefficient (Wildman–Crippen LogP) is 3.42. The second-order valence-electron chi connectivity index (χ2n) is 6.90. The Kier molecular flexibility index (Phi) is 5.49. The Labute approximate surface area is 184 Å². The second kappa shape index (κ2) is 8.13. The molecule has 0 aliphatic heterocycles. The largest absolute Gasteiger partial charge is 0.423 e. The van der Waals surface area contributed by atoms with Gasteiger partial charge in [0.1, 0.15) is 5.58 Å². The highest BCUT2D eigenvalue weighted by Gasteiger charge is 2.22. The standard InChI is InChI=1S/C22H18N2O6S2/c1-24(18-7-3-2-4-8-18)32(28,29)20-9-5-6-17(15-20)23-31(26,27)19-11-12-21-16(14-19)10-13-22(25)30-21/h2-15,23H,1H3. The van der Waals surface area contributed by atoms with Crippen molar-refractivity contribution in [3.05, 3.63) is 95.3 Å². The van der Waals surface area contributed by atoms with Gasteiger partial charge in [-0.25, -0.2) is 21.6 Å². The number of nitrogens with zero attached hydrogens (tertiary/aromatic N) is 1. The molecule has 3 aromatic carbocycles. The molecule has 0 bridgehead atoms. The van der Waals surface area contributed by atoms with Crippen molar-refractivity contribution in [1.29, 1.82) is 0 Å². The number of nitrogens with one attached hydrogen (secondary N) is 1. The van der Waals surface area contributed by atoms with E-state index in [9.17, 15) is 21.6 Å². The van der Waals surface area contributed by atoms with Gasteiger partial charge in [-0.2, -0.15) is 0 Å². The van der Waals surface area contributed by atoms with Gasteiger partial charge in [-0.15, -0.1) is 0 Å². The third-order valence-corrected chi connectivity index (χ3v) is 7.93. The van der Waals surface area contributed by atoms with Crippen molar-refractivity contribution >= 4 is 42.4 Å². The maximum Gasteiger partial charge on any atom is 0.336 e. The molecule has 164 valence electrons. The lowest BCUT2D eigenvalue weighted by Gasteiger charge is -2.20. The van der Waals surface area contributed by atoms with Crippen LogP contribution in [0.4, 0.5) is 11.4 Å². The predicted molar refractivity (Wildman–Crippen MR) is 122 cm³/mol. The number of rotatable bonds is 6. The smallest absolute Gasteiger partial charge is 0.336 e. The number of sulfonamides is 2. The van der Waals surface area contributed by atoms with Crippen molar-refractivity contribution in [2.45, 2.75) is 9.79 Å². The molecule has 1 N–H and O–H groups in total. The van der Waals surface area contributed by atoms with Crippen LogP contribution in [0.3, 0.4) is 0 Å². The van der Waals surface area contributed by atoms with E-state index in [1.807, 2.05) is 0 Å². The zero-order chi connectivity index (χ0) is 22.9. The van der Waals surface area contributed by atoms with Gasteiger partial charge in [0.25, 0.3) is 20.0 Å². The fraction of sp³-hybridized carbons (Fsp3) is 0.0455. The van der Waals surface area contributed by atoms with Gasteiger partial charge in [0.2, 0.25) is 0 Å². The Hall–Kier alpha value is -3.63. The average Bonchev–Trinajstić information content (AvgIpc) is 2.78. The van der Waals surface area contributed by atoms with Crippen LogP contribution in [0.5, 0.6) is 0 Å². The van der Waals surface area contributed by atoms with Crippen LogP contribution in [0.2, 0.25) is 0 Å². The van der Waals surface area contributed by atoms with Gasteiger partial charge in [-0.1, -0.05) is 24.3 Å². The average molecular weight is 471 g/mol. The van der Waals surface area contributed by atoms with Crippen LogP contribution in [0.1, 0.15) is 0 Å². The number of hydrogen-bond donors (Lipinski definition) is 1. The molecule has 4 aromatic rings. The first-order valence-electron chi connectivity index (χ1n) is 9.38. The zero-order valence-corrected chi connectivity index (χ0v) is 18.4. The molecule has 0 fully saturated rings. The number of fused-ring (bicyclic) bond motifs is 1. The Balaban J connectivity index is 1.65. The Morgan fingerprint density at radius 3 is 2.28 bits per heavy atom. The van der Waals surface area contributed by atoms with Crippen LogP contribution < -0.4 is 14.7 Å². The summed E-state index contributed by atoms with van der Waals surface area (Å²) in [5, 5.41) is 0.438. The molecule has 0 atom stereocenters. The fourth-order valence-corrected chi connectivity index (χ4v) is 5.41. The molecular formula is C22H18N2O6S2. The molecule has 0 saturated carbocycles. The summed E-state index contributed by atoms with van der Waals surface area (Å²) in [4.78, 5) is 11.2. The first-order chi connectivity index (χ1) is 15.2. The summed E-state index contributed by atoms with van der Waals surface area (Å²) in [5.74, 6) is 0. The van der Waals surface area contributed by atoms with Crippen molar-refractivity contribution < 1.29 is 21.3 Å². The molecule has 0 aliphatic rings. The van der Waals surface area contributed by atoms with E-state index in [1.54, 1.807) is 30.3 Å². The van der Waals surface area contributed by atoms with Gasteiger partial charge in [0.05, 0.1) is 21.2 Å². The van der Waals surface area contributed by atoms with E-state index >= 15 is 0 Å². The molecule has 0 amide bonds. The summed E-state index contributed by atoms with van der Waals surface area (Å²) in [6.45, 7) is 0. The molecular weight excluding hydrogens is 452 g/mol. The minimum Gasteiger partial charge on any atom is -0.423 e. The molecule has 8 nitrogen and oxygen atoms in total. The highest BCUT2D eigenvalue weighted by Crippen LogP contribution is 2.25. The molecule has 0 spiro atoms. The van der Waals surface area contributed by atoms with Crippen LogP contribution in [0.25, 0.3) is 11.0 Å². The molecule has 1 heterocycles. The first-order valence-corrected chi connectivity index (χ1v) is 12.3. The quantitative estimate of drug-likeness (QED) is 0.432. The minimum atomic E-state index is -4.03. The molecule has 0 unspecified atom stereocenters. The van der Waals surface area contributed by atoms with Crippen LogP contribution in [-0.4, -0.2) is 23.9 Å². The third-order valence-electron chi connectivity index (χ3n) is 4.77. The lowest BCUT2D eigenvalue weighted by Crippen LogP contribution is -2.26. The molecule has 0 radical (unpaired) electrons. The maximum absolute atomic E-state index is 13.0. The van der Waals surface area contributed by atoms with Gasteiger partial charge in [0.15, 0.2) is 0 Å². The summed E-state index contributed by atoms with van der Waals surface area (Å²) in [5.41, 5.74) is 0.284. The van der Waals surface area contributed by atoms with E-state index in [0.29, 0.717) is 11.1 Å². The van der Waals surface area contributed by atoms with Crippen LogP contribution in [0, 0.1) is 0 Å². The topological polar surface area (TPSA) is 114 Å². The van der Waals surface area contributed by atoms with E-state index in [-0.39, 0.29) is 21.1 Å². The summed E-state index contributed by atoms with van der Waals surface area (Å²) >= 11 is 0. The number of benzene rings is 3. The van der Waals surface area contributed by atoms with Gasteiger partial charge in [-0.05, 0) is 54.6 Å². The number of hydrogen-bond acceptors (Lipinski definition) is 6. The Morgan fingerprint density at radius 1 is 0.781 bits per heavy atom. The van der Waals surface area contributed by atoms with E-state index < -0.39 is 25.7 Å². The molecule has 4 rings (SSSR count). The number of para-hydroxylation sites is 1. The van der Waals surface area contributed by atoms with Crippen LogP contribution >= 0.6 is 0 Å². The van der Waals surface area contributed by atoms with Crippen molar-refractivity contribution in [3.8, 4) is 0 Å². The zero-order valence-electron chi connectivity index (χ0n) is 16.8. The van der Waals surface area contributed by atoms with E-state index in [4.69, 9.17) is 4.42 Å². The van der Waals surface area contributed by atoms with E-state index in [1.165, 1.54) is 61.6 Å². The molecule has 10 heteroatoms. The van der Waals surface area contributed by atoms with Crippen molar-refractivity contribution in [3.63, 3.8) is 0 Å². The second-order valence-corrected chi connectivity index (χ2v) is 10.5. The Morgan fingerprint density at radius 2 is 1.53 bits per heavy atom.